The SMILES string of the molecule is C=C/C=C\C(=C/C)NC(=O)N/C(C=C)=C/C. The van der Waals surface area contributed by atoms with Gasteiger partial charge in [0.2, 0.25) is 0 Å². The zero-order valence-corrected chi connectivity index (χ0v) is 9.79. The molecular weight excluding hydrogens is 200 g/mol. The van der Waals surface area contributed by atoms with Gasteiger partial charge in [-0.2, -0.15) is 0 Å². The first-order valence-corrected chi connectivity index (χ1v) is 5.00. The molecule has 2 N–H and O–H groups in total. The molecule has 0 radical (unpaired) electrons. The highest BCUT2D eigenvalue weighted by atomic mass is 16.2. The van der Waals surface area contributed by atoms with E-state index >= 15 is 0 Å². The summed E-state index contributed by atoms with van der Waals surface area (Å²) >= 11 is 0. The Kier molecular flexibility index (Phi) is 7.24. The summed E-state index contributed by atoms with van der Waals surface area (Å²) in [4.78, 5) is 11.5. The lowest BCUT2D eigenvalue weighted by Crippen LogP contribution is -2.33. The first-order chi connectivity index (χ1) is 7.67. The van der Waals surface area contributed by atoms with Gasteiger partial charge in [-0.3, -0.25) is 0 Å². The molecule has 0 aromatic carbocycles. The van der Waals surface area contributed by atoms with Crippen LogP contribution in [-0.2, 0) is 0 Å². The minimum Gasteiger partial charge on any atom is -0.308 e. The molecule has 0 saturated carbocycles. The summed E-state index contributed by atoms with van der Waals surface area (Å²) < 4.78 is 0. The highest BCUT2D eigenvalue weighted by Crippen LogP contribution is 1.94. The summed E-state index contributed by atoms with van der Waals surface area (Å²) in [6.45, 7) is 10.8. The van der Waals surface area contributed by atoms with E-state index in [1.807, 2.05) is 13.8 Å². The van der Waals surface area contributed by atoms with E-state index in [9.17, 15) is 4.79 Å². The van der Waals surface area contributed by atoms with Gasteiger partial charge in [0.05, 0.1) is 0 Å². The molecule has 0 aliphatic heterocycles. The molecule has 0 saturated heterocycles. The molecule has 0 aromatic heterocycles. The standard InChI is InChI=1S/C13H18N2O/c1-5-9-10-12(8-4)15-13(16)14-11(6-2)7-3/h5-10H,1-2H2,3-4H3,(H2,14,15,16)/b10-9-,11-7+,12-8+. The van der Waals surface area contributed by atoms with E-state index in [2.05, 4.69) is 23.8 Å². The fourth-order valence-corrected chi connectivity index (χ4v) is 0.916. The average Bonchev–Trinajstić information content (AvgIpc) is 2.31. The normalized spacial score (nSPS) is 12.4. The van der Waals surface area contributed by atoms with Crippen molar-refractivity contribution >= 4 is 6.03 Å². The van der Waals surface area contributed by atoms with Crippen LogP contribution in [0.25, 0.3) is 0 Å². The van der Waals surface area contributed by atoms with Crippen LogP contribution in [0.3, 0.4) is 0 Å². The first-order valence-electron chi connectivity index (χ1n) is 5.00. The highest BCUT2D eigenvalue weighted by Gasteiger charge is 2.01. The molecule has 16 heavy (non-hydrogen) atoms. The first kappa shape index (κ1) is 14.0. The molecular formula is C13H18N2O. The van der Waals surface area contributed by atoms with E-state index in [1.54, 1.807) is 36.5 Å². The molecule has 0 spiro atoms. The summed E-state index contributed by atoms with van der Waals surface area (Å²) in [5.41, 5.74) is 1.37. The van der Waals surface area contributed by atoms with Gasteiger partial charge in [0.25, 0.3) is 0 Å². The molecule has 0 bridgehead atoms. The van der Waals surface area contributed by atoms with Crippen molar-refractivity contribution in [2.75, 3.05) is 0 Å². The minimum absolute atomic E-state index is 0.296. The van der Waals surface area contributed by atoms with Gasteiger partial charge in [-0.25, -0.2) is 4.79 Å². The van der Waals surface area contributed by atoms with Crippen molar-refractivity contribution < 1.29 is 4.79 Å². The third kappa shape index (κ3) is 5.65. The molecule has 0 atom stereocenters. The fourth-order valence-electron chi connectivity index (χ4n) is 0.916. The Labute approximate surface area is 96.9 Å². The van der Waals surface area contributed by atoms with Crippen LogP contribution in [0, 0.1) is 0 Å². The lowest BCUT2D eigenvalue weighted by atomic mass is 10.3. The number of carbonyl (C=O) groups is 1. The number of carbonyl (C=O) groups excluding carboxylic acids is 1. The van der Waals surface area contributed by atoms with Crippen LogP contribution >= 0.6 is 0 Å². The van der Waals surface area contributed by atoms with E-state index in [0.29, 0.717) is 11.4 Å². The van der Waals surface area contributed by atoms with E-state index in [1.165, 1.54) is 0 Å². The van der Waals surface area contributed by atoms with E-state index in [-0.39, 0.29) is 6.03 Å². The number of hydrogen-bond acceptors (Lipinski definition) is 1. The molecule has 0 unspecified atom stereocenters. The molecule has 3 nitrogen and oxygen atoms in total. The Morgan fingerprint density at radius 1 is 1.06 bits per heavy atom. The maximum absolute atomic E-state index is 11.5. The van der Waals surface area contributed by atoms with Crippen molar-refractivity contribution in [2.24, 2.45) is 0 Å². The van der Waals surface area contributed by atoms with Crippen molar-refractivity contribution in [2.45, 2.75) is 13.8 Å². The number of rotatable bonds is 5. The second kappa shape index (κ2) is 8.29. The second-order valence-electron chi connectivity index (χ2n) is 2.87. The third-order valence-corrected chi connectivity index (χ3v) is 1.77. The van der Waals surface area contributed by atoms with Crippen molar-refractivity contribution in [1.82, 2.24) is 10.6 Å². The molecule has 0 fully saturated rings. The zero-order chi connectivity index (χ0) is 12.4. The third-order valence-electron chi connectivity index (χ3n) is 1.77. The van der Waals surface area contributed by atoms with Crippen LogP contribution in [0.4, 0.5) is 4.79 Å². The summed E-state index contributed by atoms with van der Waals surface area (Å²) in [5.74, 6) is 0. The Bertz CT molecular complexity index is 349. The van der Waals surface area contributed by atoms with Crippen LogP contribution in [0.15, 0.2) is 61.0 Å². The van der Waals surface area contributed by atoms with Gasteiger partial charge in [0, 0.05) is 11.4 Å². The van der Waals surface area contributed by atoms with Gasteiger partial charge in [-0.05, 0) is 26.0 Å². The second-order valence-corrected chi connectivity index (χ2v) is 2.87. The molecule has 0 rings (SSSR count). The molecule has 0 heterocycles. The summed E-state index contributed by atoms with van der Waals surface area (Å²) in [6, 6.07) is -0.296. The van der Waals surface area contributed by atoms with Crippen LogP contribution in [0.2, 0.25) is 0 Å². The Hall–Kier alpha value is -2.03. The largest absolute Gasteiger partial charge is 0.323 e. The topological polar surface area (TPSA) is 41.1 Å². The molecule has 0 aromatic rings. The maximum Gasteiger partial charge on any atom is 0.323 e. The Morgan fingerprint density at radius 3 is 2.06 bits per heavy atom. The van der Waals surface area contributed by atoms with Gasteiger partial charge in [0.1, 0.15) is 0 Å². The number of allylic oxidation sites excluding steroid dienone is 6. The predicted molar refractivity (Wildman–Crippen MR) is 68.7 cm³/mol. The monoisotopic (exact) mass is 218 g/mol. The highest BCUT2D eigenvalue weighted by molar-refractivity contribution is 5.78. The average molecular weight is 218 g/mol. The number of amides is 2. The lowest BCUT2D eigenvalue weighted by molar-refractivity contribution is 0.246. The lowest BCUT2D eigenvalue weighted by Gasteiger charge is -2.08. The zero-order valence-electron chi connectivity index (χ0n) is 9.79. The summed E-state index contributed by atoms with van der Waals surface area (Å²) in [7, 11) is 0. The molecule has 3 heteroatoms. The van der Waals surface area contributed by atoms with Gasteiger partial charge in [-0.1, -0.05) is 37.5 Å². The Balaban J connectivity index is 4.38. The van der Waals surface area contributed by atoms with Crippen LogP contribution in [0.5, 0.6) is 0 Å². The van der Waals surface area contributed by atoms with Crippen LogP contribution in [-0.4, -0.2) is 6.03 Å². The molecule has 0 aliphatic carbocycles. The van der Waals surface area contributed by atoms with Gasteiger partial charge in [-0.15, -0.1) is 0 Å². The fraction of sp³-hybridized carbons (Fsp3) is 0.154. The number of nitrogens with one attached hydrogen (secondary N) is 2. The smallest absolute Gasteiger partial charge is 0.308 e. The molecule has 86 valence electrons. The predicted octanol–water partition coefficient (Wildman–Crippen LogP) is 3.02. The van der Waals surface area contributed by atoms with Crippen molar-refractivity contribution in [3.63, 3.8) is 0 Å². The van der Waals surface area contributed by atoms with E-state index in [4.69, 9.17) is 0 Å². The van der Waals surface area contributed by atoms with E-state index < -0.39 is 0 Å². The van der Waals surface area contributed by atoms with Crippen LogP contribution in [0.1, 0.15) is 13.8 Å². The summed E-state index contributed by atoms with van der Waals surface area (Å²) in [6.07, 6.45) is 10.3. The van der Waals surface area contributed by atoms with Gasteiger partial charge in [0.15, 0.2) is 0 Å². The minimum atomic E-state index is -0.296. The molecule has 2 amide bonds. The number of hydrogen-bond donors (Lipinski definition) is 2. The van der Waals surface area contributed by atoms with Crippen molar-refractivity contribution in [3.05, 3.63) is 61.0 Å². The van der Waals surface area contributed by atoms with E-state index in [0.717, 1.165) is 0 Å². The van der Waals surface area contributed by atoms with Crippen molar-refractivity contribution in [3.8, 4) is 0 Å². The Morgan fingerprint density at radius 2 is 1.62 bits per heavy atom. The van der Waals surface area contributed by atoms with Crippen molar-refractivity contribution in [1.29, 1.82) is 0 Å². The quantitative estimate of drug-likeness (QED) is 0.684. The van der Waals surface area contributed by atoms with Gasteiger partial charge < -0.3 is 10.6 Å². The number of urea groups is 1. The maximum atomic E-state index is 11.5. The van der Waals surface area contributed by atoms with Gasteiger partial charge >= 0.3 is 6.03 Å². The molecule has 0 aliphatic rings. The summed E-state index contributed by atoms with van der Waals surface area (Å²) in [5, 5.41) is 5.34. The van der Waals surface area contributed by atoms with Crippen LogP contribution < -0.4 is 10.6 Å².